The molecular formula is C23H21FN2O2. The first-order valence-electron chi connectivity index (χ1n) is 9.32. The molecule has 1 amide bonds. The maximum atomic E-state index is 13.6. The molecule has 2 heterocycles. The van der Waals surface area contributed by atoms with E-state index in [1.807, 2.05) is 36.4 Å². The molecule has 0 saturated carbocycles. The van der Waals surface area contributed by atoms with Crippen LogP contribution in [0.25, 0.3) is 11.1 Å². The van der Waals surface area contributed by atoms with Crippen molar-refractivity contribution in [2.45, 2.75) is 32.3 Å². The molecule has 1 unspecified atom stereocenters. The highest BCUT2D eigenvalue weighted by molar-refractivity contribution is 5.95. The fourth-order valence-electron chi connectivity index (χ4n) is 3.38. The third-order valence-electron chi connectivity index (χ3n) is 4.93. The number of rotatable bonds is 4. The summed E-state index contributed by atoms with van der Waals surface area (Å²) in [5, 5.41) is 2.90. The molecule has 0 saturated heterocycles. The number of amides is 1. The first-order valence-corrected chi connectivity index (χ1v) is 9.32. The minimum absolute atomic E-state index is 0.222. The Morgan fingerprint density at radius 1 is 1.18 bits per heavy atom. The van der Waals surface area contributed by atoms with Gasteiger partial charge in [-0.1, -0.05) is 38.1 Å². The lowest BCUT2D eigenvalue weighted by molar-refractivity contribution is -0.122. The van der Waals surface area contributed by atoms with Crippen molar-refractivity contribution in [3.05, 3.63) is 77.7 Å². The van der Waals surface area contributed by atoms with E-state index < -0.39 is 6.10 Å². The second kappa shape index (κ2) is 7.43. The third kappa shape index (κ3) is 3.60. The van der Waals surface area contributed by atoms with Gasteiger partial charge in [-0.2, -0.15) is 0 Å². The number of fused-ring (bicyclic) bond motifs is 1. The first-order chi connectivity index (χ1) is 13.5. The third-order valence-corrected chi connectivity index (χ3v) is 4.93. The Balaban J connectivity index is 1.52. The summed E-state index contributed by atoms with van der Waals surface area (Å²) in [4.78, 5) is 16.9. The predicted molar refractivity (Wildman–Crippen MR) is 107 cm³/mol. The van der Waals surface area contributed by atoms with Crippen LogP contribution in [-0.4, -0.2) is 17.0 Å². The van der Waals surface area contributed by atoms with Crippen molar-refractivity contribution in [1.82, 2.24) is 4.98 Å². The molecule has 1 aliphatic heterocycles. The van der Waals surface area contributed by atoms with Crippen LogP contribution in [0.4, 0.5) is 10.1 Å². The molecule has 5 heteroatoms. The summed E-state index contributed by atoms with van der Waals surface area (Å²) in [5.41, 5.74) is 4.34. The van der Waals surface area contributed by atoms with Crippen LogP contribution < -0.4 is 10.1 Å². The van der Waals surface area contributed by atoms with Gasteiger partial charge in [-0.15, -0.1) is 0 Å². The number of halogens is 1. The van der Waals surface area contributed by atoms with Crippen molar-refractivity contribution in [3.63, 3.8) is 0 Å². The van der Waals surface area contributed by atoms with Crippen molar-refractivity contribution in [3.8, 4) is 17.0 Å². The smallest absolute Gasteiger partial charge is 0.265 e. The van der Waals surface area contributed by atoms with Crippen LogP contribution in [0.3, 0.4) is 0 Å². The molecular weight excluding hydrogens is 355 g/mol. The van der Waals surface area contributed by atoms with Crippen LogP contribution in [0.1, 0.15) is 30.9 Å². The number of hydrogen-bond acceptors (Lipinski definition) is 3. The molecule has 0 spiro atoms. The molecule has 142 valence electrons. The van der Waals surface area contributed by atoms with E-state index in [0.717, 1.165) is 22.4 Å². The SMILES string of the molecule is CC(C)c1ccc(NC(=O)C2Cc3c(-c4cccc(F)c4)ccnc3O2)cc1. The Kier molecular flexibility index (Phi) is 4.82. The number of anilines is 1. The summed E-state index contributed by atoms with van der Waals surface area (Å²) in [6.45, 7) is 4.25. The molecule has 1 atom stereocenters. The Labute approximate surface area is 163 Å². The molecule has 4 rings (SSSR count). The number of carbonyl (C=O) groups excluding carboxylic acids is 1. The monoisotopic (exact) mass is 376 g/mol. The normalized spacial score (nSPS) is 15.2. The second-order valence-corrected chi connectivity index (χ2v) is 7.23. The van der Waals surface area contributed by atoms with Gasteiger partial charge in [0.1, 0.15) is 5.82 Å². The van der Waals surface area contributed by atoms with Gasteiger partial charge in [0, 0.05) is 23.9 Å². The molecule has 0 radical (unpaired) electrons. The van der Waals surface area contributed by atoms with Crippen molar-refractivity contribution < 1.29 is 13.9 Å². The highest BCUT2D eigenvalue weighted by atomic mass is 19.1. The number of nitrogens with one attached hydrogen (secondary N) is 1. The molecule has 2 aromatic carbocycles. The van der Waals surface area contributed by atoms with Crippen LogP contribution in [0.15, 0.2) is 60.8 Å². The first kappa shape index (κ1) is 18.2. The highest BCUT2D eigenvalue weighted by Gasteiger charge is 2.32. The molecule has 1 aromatic heterocycles. The zero-order valence-corrected chi connectivity index (χ0v) is 15.8. The fraction of sp³-hybridized carbons (Fsp3) is 0.217. The minimum Gasteiger partial charge on any atom is -0.464 e. The van der Waals surface area contributed by atoms with Crippen molar-refractivity contribution >= 4 is 11.6 Å². The van der Waals surface area contributed by atoms with Gasteiger partial charge in [0.2, 0.25) is 5.88 Å². The van der Waals surface area contributed by atoms with Gasteiger partial charge in [0.05, 0.1) is 0 Å². The topological polar surface area (TPSA) is 51.2 Å². The van der Waals surface area contributed by atoms with E-state index in [-0.39, 0.29) is 11.7 Å². The molecule has 4 nitrogen and oxygen atoms in total. The van der Waals surface area contributed by atoms with E-state index >= 15 is 0 Å². The van der Waals surface area contributed by atoms with Crippen LogP contribution in [0, 0.1) is 5.82 Å². The molecule has 0 bridgehead atoms. The van der Waals surface area contributed by atoms with Crippen LogP contribution in [-0.2, 0) is 11.2 Å². The fourth-order valence-corrected chi connectivity index (χ4v) is 3.38. The van der Waals surface area contributed by atoms with Gasteiger partial charge in [0.15, 0.2) is 6.10 Å². The van der Waals surface area contributed by atoms with E-state index in [1.54, 1.807) is 12.3 Å². The molecule has 1 aliphatic rings. The number of benzene rings is 2. The summed E-state index contributed by atoms with van der Waals surface area (Å²) in [7, 11) is 0. The number of carbonyl (C=O) groups is 1. The standard InChI is InChI=1S/C23H21FN2O2/c1-14(2)15-6-8-18(9-7-15)26-22(27)21-13-20-19(10-11-25-23(20)28-21)16-4-3-5-17(24)12-16/h3-12,14,21H,13H2,1-2H3,(H,26,27). The van der Waals surface area contributed by atoms with E-state index in [9.17, 15) is 9.18 Å². The van der Waals surface area contributed by atoms with Gasteiger partial charge in [-0.25, -0.2) is 9.37 Å². The minimum atomic E-state index is -0.665. The van der Waals surface area contributed by atoms with Gasteiger partial charge >= 0.3 is 0 Å². The number of nitrogens with zero attached hydrogens (tertiary/aromatic N) is 1. The van der Waals surface area contributed by atoms with Crippen LogP contribution in [0.2, 0.25) is 0 Å². The molecule has 0 fully saturated rings. The van der Waals surface area contributed by atoms with E-state index in [4.69, 9.17) is 4.74 Å². The summed E-state index contributed by atoms with van der Waals surface area (Å²) in [5.74, 6) is 0.336. The largest absolute Gasteiger partial charge is 0.464 e. The lowest BCUT2D eigenvalue weighted by Gasteiger charge is -2.12. The van der Waals surface area contributed by atoms with Crippen molar-refractivity contribution in [2.24, 2.45) is 0 Å². The van der Waals surface area contributed by atoms with E-state index in [1.165, 1.54) is 17.7 Å². The maximum Gasteiger partial charge on any atom is 0.265 e. The quantitative estimate of drug-likeness (QED) is 0.701. The summed E-state index contributed by atoms with van der Waals surface area (Å²) in [6, 6.07) is 16.0. The summed E-state index contributed by atoms with van der Waals surface area (Å²) < 4.78 is 19.4. The van der Waals surface area contributed by atoms with Gasteiger partial charge < -0.3 is 10.1 Å². The Morgan fingerprint density at radius 3 is 2.68 bits per heavy atom. The number of ether oxygens (including phenoxy) is 1. The second-order valence-electron chi connectivity index (χ2n) is 7.23. The highest BCUT2D eigenvalue weighted by Crippen LogP contribution is 2.35. The number of pyridine rings is 1. The predicted octanol–water partition coefficient (Wildman–Crippen LogP) is 4.95. The number of aromatic nitrogens is 1. The average Bonchev–Trinajstić information content (AvgIpc) is 3.13. The molecule has 0 aliphatic carbocycles. The average molecular weight is 376 g/mol. The lowest BCUT2D eigenvalue weighted by atomic mass is 9.98. The van der Waals surface area contributed by atoms with Crippen molar-refractivity contribution in [1.29, 1.82) is 0 Å². The zero-order valence-electron chi connectivity index (χ0n) is 15.8. The molecule has 1 N–H and O–H groups in total. The number of hydrogen-bond donors (Lipinski definition) is 1. The van der Waals surface area contributed by atoms with Crippen LogP contribution >= 0.6 is 0 Å². The van der Waals surface area contributed by atoms with Gasteiger partial charge in [-0.05, 0) is 52.9 Å². The van der Waals surface area contributed by atoms with E-state index in [0.29, 0.717) is 18.2 Å². The van der Waals surface area contributed by atoms with Crippen molar-refractivity contribution in [2.75, 3.05) is 5.32 Å². The lowest BCUT2D eigenvalue weighted by Crippen LogP contribution is -2.31. The Bertz CT molecular complexity index is 1020. The van der Waals surface area contributed by atoms with Gasteiger partial charge in [0.25, 0.3) is 5.91 Å². The van der Waals surface area contributed by atoms with E-state index in [2.05, 4.69) is 24.1 Å². The van der Waals surface area contributed by atoms with Gasteiger partial charge in [-0.3, -0.25) is 4.79 Å². The Hall–Kier alpha value is -3.21. The zero-order chi connectivity index (χ0) is 19.7. The molecule has 3 aromatic rings. The summed E-state index contributed by atoms with van der Waals surface area (Å²) >= 11 is 0. The maximum absolute atomic E-state index is 13.6. The van der Waals surface area contributed by atoms with Crippen LogP contribution in [0.5, 0.6) is 5.88 Å². The molecule has 28 heavy (non-hydrogen) atoms. The summed E-state index contributed by atoms with van der Waals surface area (Å²) in [6.07, 6.45) is 1.34. The Morgan fingerprint density at radius 2 is 1.96 bits per heavy atom.